The average molecular weight is 671 g/mol. The zero-order valence-corrected chi connectivity index (χ0v) is 29.8. The number of methoxy groups -OCH3 is 1. The molecular weight excluding hydrogens is 620 g/mol. The Morgan fingerprint density at radius 1 is 0.918 bits per heavy atom. The van der Waals surface area contributed by atoms with Crippen molar-refractivity contribution in [3.05, 3.63) is 71.7 Å². The molecule has 49 heavy (non-hydrogen) atoms. The maximum absolute atomic E-state index is 13.5. The fourth-order valence-corrected chi connectivity index (χ4v) is 6.82. The van der Waals surface area contributed by atoms with Crippen molar-refractivity contribution < 1.29 is 23.9 Å². The number of fused-ring (bicyclic) bond motifs is 1. The first kappa shape index (κ1) is 35.8. The lowest BCUT2D eigenvalue weighted by Gasteiger charge is -2.35. The monoisotopic (exact) mass is 670 g/mol. The molecule has 1 aliphatic carbocycles. The van der Waals surface area contributed by atoms with Gasteiger partial charge in [-0.25, -0.2) is 14.8 Å². The van der Waals surface area contributed by atoms with Crippen molar-refractivity contribution in [2.75, 3.05) is 30.5 Å². The van der Waals surface area contributed by atoms with E-state index in [1.54, 1.807) is 19.2 Å². The number of aromatic nitrogens is 2. The van der Waals surface area contributed by atoms with Gasteiger partial charge in [-0.3, -0.25) is 14.9 Å². The number of hydrogen-bond donors (Lipinski definition) is 3. The first-order chi connectivity index (χ1) is 23.2. The summed E-state index contributed by atoms with van der Waals surface area (Å²) in [5.74, 6) is 1.52. The van der Waals surface area contributed by atoms with Crippen molar-refractivity contribution in [2.45, 2.75) is 96.9 Å². The predicted octanol–water partition coefficient (Wildman–Crippen LogP) is 6.36. The predicted molar refractivity (Wildman–Crippen MR) is 191 cm³/mol. The van der Waals surface area contributed by atoms with Crippen LogP contribution >= 0.6 is 0 Å². The van der Waals surface area contributed by atoms with Crippen LogP contribution < -0.4 is 20.9 Å². The van der Waals surface area contributed by atoms with E-state index in [4.69, 9.17) is 19.4 Å². The van der Waals surface area contributed by atoms with Gasteiger partial charge in [0.2, 0.25) is 5.91 Å². The van der Waals surface area contributed by atoms with Gasteiger partial charge in [-0.05, 0) is 102 Å². The molecule has 3 aromatic rings. The third-order valence-corrected chi connectivity index (χ3v) is 9.16. The number of rotatable bonds is 10. The highest BCUT2D eigenvalue weighted by atomic mass is 16.6. The van der Waals surface area contributed by atoms with E-state index in [0.29, 0.717) is 41.8 Å². The van der Waals surface area contributed by atoms with E-state index >= 15 is 0 Å². The number of ether oxygens (including phenoxy) is 2. The summed E-state index contributed by atoms with van der Waals surface area (Å²) < 4.78 is 10.5. The fourth-order valence-electron chi connectivity index (χ4n) is 6.82. The molecule has 3 amide bonds. The number of aryl methyl sites for hydroxylation is 1. The minimum atomic E-state index is -0.822. The lowest BCUT2D eigenvalue weighted by molar-refractivity contribution is -0.122. The molecule has 0 unspecified atom stereocenters. The van der Waals surface area contributed by atoms with Crippen LogP contribution in [0.2, 0.25) is 0 Å². The van der Waals surface area contributed by atoms with E-state index in [0.717, 1.165) is 42.6 Å². The molecule has 3 N–H and O–H groups in total. The normalized spacial score (nSPS) is 19.2. The van der Waals surface area contributed by atoms with Gasteiger partial charge in [-0.15, -0.1) is 0 Å². The molecule has 3 atom stereocenters. The first-order valence-corrected chi connectivity index (χ1v) is 17.2. The molecule has 2 heterocycles. The van der Waals surface area contributed by atoms with E-state index in [-0.39, 0.29) is 23.9 Å². The lowest BCUT2D eigenvalue weighted by atomic mass is 9.84. The molecule has 11 nitrogen and oxygen atoms in total. The molecule has 5 rings (SSSR count). The van der Waals surface area contributed by atoms with Crippen LogP contribution in [0.1, 0.15) is 88.6 Å². The third kappa shape index (κ3) is 8.94. The number of carbonyl (C=O) groups is 3. The Morgan fingerprint density at radius 2 is 1.57 bits per heavy atom. The summed E-state index contributed by atoms with van der Waals surface area (Å²) in [4.78, 5) is 50.8. The molecule has 1 aromatic heterocycles. The van der Waals surface area contributed by atoms with Crippen LogP contribution in [-0.4, -0.2) is 65.8 Å². The minimum absolute atomic E-state index is 0.00585. The molecule has 262 valence electrons. The highest BCUT2D eigenvalue weighted by Crippen LogP contribution is 2.42. The molecule has 0 radical (unpaired) electrons. The van der Waals surface area contributed by atoms with Crippen molar-refractivity contribution in [3.63, 3.8) is 0 Å². The Balaban J connectivity index is 1.29. The fraction of sp³-hybridized carbons (Fsp3) is 0.500. The second kappa shape index (κ2) is 14.9. The van der Waals surface area contributed by atoms with Crippen LogP contribution in [0.25, 0.3) is 11.1 Å². The maximum Gasteiger partial charge on any atom is 0.412 e. The molecular formula is C38H50N6O5. The molecule has 2 aliphatic rings. The highest BCUT2D eigenvalue weighted by molar-refractivity contribution is 5.95. The number of hydrogen-bond acceptors (Lipinski definition) is 8. The van der Waals surface area contributed by atoms with Gasteiger partial charge < -0.3 is 25.0 Å². The van der Waals surface area contributed by atoms with Gasteiger partial charge in [-0.1, -0.05) is 37.1 Å². The van der Waals surface area contributed by atoms with Crippen LogP contribution in [0.5, 0.6) is 0 Å². The van der Waals surface area contributed by atoms with Gasteiger partial charge in [-0.2, -0.15) is 0 Å². The van der Waals surface area contributed by atoms with Gasteiger partial charge in [0.25, 0.3) is 5.91 Å². The second-order valence-corrected chi connectivity index (χ2v) is 14.6. The quantitative estimate of drug-likeness (QED) is 0.212. The second-order valence-electron chi connectivity index (χ2n) is 14.6. The summed E-state index contributed by atoms with van der Waals surface area (Å²) >= 11 is 0. The van der Waals surface area contributed by atoms with Gasteiger partial charge in [0.15, 0.2) is 0 Å². The Hall–Kier alpha value is -4.51. The topological polar surface area (TPSA) is 135 Å². The van der Waals surface area contributed by atoms with E-state index in [1.165, 1.54) is 6.42 Å². The van der Waals surface area contributed by atoms with Crippen molar-refractivity contribution >= 4 is 29.4 Å². The van der Waals surface area contributed by atoms with E-state index in [2.05, 4.69) is 20.9 Å². The Morgan fingerprint density at radius 3 is 2.22 bits per heavy atom. The number of carbonyl (C=O) groups excluding carboxylic acids is 3. The number of anilines is 2. The lowest BCUT2D eigenvalue weighted by Crippen LogP contribution is -2.48. The molecule has 0 spiro atoms. The summed E-state index contributed by atoms with van der Waals surface area (Å²) in [5.41, 5.74) is 2.30. The smallest absolute Gasteiger partial charge is 0.412 e. The van der Waals surface area contributed by atoms with Crippen molar-refractivity contribution in [3.8, 4) is 11.1 Å². The molecule has 2 fully saturated rings. The summed E-state index contributed by atoms with van der Waals surface area (Å²) in [6, 6.07) is 16.7. The molecule has 1 saturated carbocycles. The van der Waals surface area contributed by atoms with Crippen molar-refractivity contribution in [2.24, 2.45) is 5.92 Å². The van der Waals surface area contributed by atoms with Crippen molar-refractivity contribution in [1.29, 1.82) is 0 Å². The Kier molecular flexibility index (Phi) is 10.9. The van der Waals surface area contributed by atoms with Crippen LogP contribution in [0.15, 0.2) is 54.6 Å². The van der Waals surface area contributed by atoms with Crippen LogP contribution in [0.4, 0.5) is 16.3 Å². The number of nitrogens with zero attached hydrogens (tertiary/aromatic N) is 3. The SMILES string of the molecule is COCCNC(=O)[C@@H]1C[C@@H]2CCCC[C@@H]2N1c1cc(C(C)(C)NC(=O)c2ccc(-c3ccc(NC(=O)OC(C)(C)C)cc3)cc2)nc(C)n1. The summed E-state index contributed by atoms with van der Waals surface area (Å²) in [7, 11) is 1.62. The Bertz CT molecular complexity index is 1630. The largest absolute Gasteiger partial charge is 0.444 e. The van der Waals surface area contributed by atoms with E-state index in [9.17, 15) is 14.4 Å². The van der Waals surface area contributed by atoms with Crippen LogP contribution in [-0.2, 0) is 19.8 Å². The summed E-state index contributed by atoms with van der Waals surface area (Å²) in [6.45, 7) is 12.1. The highest BCUT2D eigenvalue weighted by Gasteiger charge is 2.46. The maximum atomic E-state index is 13.5. The molecule has 2 aromatic carbocycles. The minimum Gasteiger partial charge on any atom is -0.444 e. The Labute approximate surface area is 289 Å². The van der Waals surface area contributed by atoms with E-state index in [1.807, 2.05) is 84.0 Å². The third-order valence-electron chi connectivity index (χ3n) is 9.16. The molecule has 0 bridgehead atoms. The average Bonchev–Trinajstić information content (AvgIpc) is 3.44. The number of nitrogens with one attached hydrogen (secondary N) is 3. The zero-order chi connectivity index (χ0) is 35.3. The molecule has 1 saturated heterocycles. The summed E-state index contributed by atoms with van der Waals surface area (Å²) in [5, 5.41) is 8.95. The molecule has 11 heteroatoms. The number of amides is 3. The standard InChI is InChI=1S/C38H50N6O5/c1-24-40-32(23-33(41-24)44-30-11-9-8-10-28(30)22-31(44)35(46)39-20-21-48-7)38(5,6)43-34(45)27-14-12-25(13-15-27)26-16-18-29(19-17-26)42-36(47)49-37(2,3)4/h12-19,23,28,30-31H,8-11,20-22H2,1-7H3,(H,39,46)(H,42,47)(H,43,45)/t28-,30-,31-/m0/s1. The van der Waals surface area contributed by atoms with E-state index < -0.39 is 17.2 Å². The van der Waals surface area contributed by atoms with Gasteiger partial charge >= 0.3 is 6.09 Å². The first-order valence-electron chi connectivity index (χ1n) is 17.2. The van der Waals surface area contributed by atoms with Crippen LogP contribution in [0.3, 0.4) is 0 Å². The van der Waals surface area contributed by atoms with Crippen LogP contribution in [0, 0.1) is 12.8 Å². The van der Waals surface area contributed by atoms with Crippen molar-refractivity contribution in [1.82, 2.24) is 20.6 Å². The molecule has 1 aliphatic heterocycles. The number of benzene rings is 2. The summed E-state index contributed by atoms with van der Waals surface area (Å²) in [6.07, 6.45) is 4.73. The van der Waals surface area contributed by atoms with Gasteiger partial charge in [0.05, 0.1) is 17.8 Å². The zero-order valence-electron chi connectivity index (χ0n) is 29.8. The van der Waals surface area contributed by atoms with Gasteiger partial charge in [0, 0.05) is 37.0 Å². The van der Waals surface area contributed by atoms with Gasteiger partial charge in [0.1, 0.15) is 23.3 Å².